The third-order valence-corrected chi connectivity index (χ3v) is 3.05. The summed E-state index contributed by atoms with van der Waals surface area (Å²) in [6.07, 6.45) is 0.948. The number of ether oxygens (including phenoxy) is 2. The molecule has 98 valence electrons. The molecule has 1 saturated heterocycles. The Kier molecular flexibility index (Phi) is 4.04. The first-order valence-electron chi connectivity index (χ1n) is 5.99. The largest absolute Gasteiger partial charge is 0.496 e. The number of hydrogen-bond acceptors (Lipinski definition) is 4. The number of rotatable bonds is 4. The van der Waals surface area contributed by atoms with Crippen molar-refractivity contribution in [3.05, 3.63) is 23.8 Å². The van der Waals surface area contributed by atoms with Crippen molar-refractivity contribution in [1.82, 2.24) is 10.6 Å². The topological polar surface area (TPSA) is 59.6 Å². The lowest BCUT2D eigenvalue weighted by Crippen LogP contribution is -2.36. The zero-order valence-corrected chi connectivity index (χ0v) is 10.7. The maximum absolute atomic E-state index is 12.3. The number of benzene rings is 1. The van der Waals surface area contributed by atoms with Gasteiger partial charge < -0.3 is 20.1 Å². The molecule has 1 aromatic rings. The third kappa shape index (κ3) is 2.56. The van der Waals surface area contributed by atoms with E-state index in [9.17, 15) is 4.79 Å². The van der Waals surface area contributed by atoms with Crippen molar-refractivity contribution in [2.45, 2.75) is 12.5 Å². The molecule has 0 aliphatic carbocycles. The number of hydrogen-bond donors (Lipinski definition) is 2. The van der Waals surface area contributed by atoms with E-state index < -0.39 is 0 Å². The summed E-state index contributed by atoms with van der Waals surface area (Å²) in [5.41, 5.74) is 0.453. The lowest BCUT2D eigenvalue weighted by atomic mass is 10.1. The van der Waals surface area contributed by atoms with E-state index in [4.69, 9.17) is 9.47 Å². The van der Waals surface area contributed by atoms with E-state index in [1.807, 2.05) is 0 Å². The van der Waals surface area contributed by atoms with E-state index in [0.29, 0.717) is 17.1 Å². The minimum atomic E-state index is -0.155. The Bertz CT molecular complexity index is 406. The van der Waals surface area contributed by atoms with Crippen LogP contribution in [0.25, 0.3) is 0 Å². The second-order valence-corrected chi connectivity index (χ2v) is 4.20. The molecule has 5 heteroatoms. The van der Waals surface area contributed by atoms with Gasteiger partial charge in [-0.3, -0.25) is 4.79 Å². The predicted molar refractivity (Wildman–Crippen MR) is 68.3 cm³/mol. The molecule has 5 nitrogen and oxygen atoms in total. The van der Waals surface area contributed by atoms with Gasteiger partial charge in [0.15, 0.2) is 0 Å². The van der Waals surface area contributed by atoms with Crippen molar-refractivity contribution < 1.29 is 14.3 Å². The van der Waals surface area contributed by atoms with Gasteiger partial charge >= 0.3 is 0 Å². The molecule has 1 heterocycles. The smallest absolute Gasteiger partial charge is 0.259 e. The Morgan fingerprint density at radius 1 is 1.33 bits per heavy atom. The molecular weight excluding hydrogens is 232 g/mol. The van der Waals surface area contributed by atoms with Crippen LogP contribution in [0.3, 0.4) is 0 Å². The van der Waals surface area contributed by atoms with Crippen molar-refractivity contribution in [3.8, 4) is 11.5 Å². The first-order valence-corrected chi connectivity index (χ1v) is 5.99. The average molecular weight is 250 g/mol. The van der Waals surface area contributed by atoms with Crippen LogP contribution >= 0.6 is 0 Å². The highest BCUT2D eigenvalue weighted by Crippen LogP contribution is 2.28. The van der Waals surface area contributed by atoms with Gasteiger partial charge in [0.05, 0.1) is 14.2 Å². The van der Waals surface area contributed by atoms with Gasteiger partial charge in [-0.15, -0.1) is 0 Å². The van der Waals surface area contributed by atoms with Crippen LogP contribution in [0, 0.1) is 0 Å². The molecule has 0 spiro atoms. The maximum Gasteiger partial charge on any atom is 0.259 e. The summed E-state index contributed by atoms with van der Waals surface area (Å²) < 4.78 is 10.4. The molecule has 18 heavy (non-hydrogen) atoms. The van der Waals surface area contributed by atoms with Gasteiger partial charge in [0, 0.05) is 12.6 Å². The number of amides is 1. The second kappa shape index (κ2) is 5.73. The lowest BCUT2D eigenvalue weighted by Gasteiger charge is -2.15. The van der Waals surface area contributed by atoms with Crippen molar-refractivity contribution in [1.29, 1.82) is 0 Å². The van der Waals surface area contributed by atoms with Gasteiger partial charge in [0.1, 0.15) is 17.1 Å². The zero-order chi connectivity index (χ0) is 13.0. The average Bonchev–Trinajstić information content (AvgIpc) is 2.90. The molecule has 1 aromatic carbocycles. The summed E-state index contributed by atoms with van der Waals surface area (Å²) in [5, 5.41) is 6.19. The van der Waals surface area contributed by atoms with Crippen LogP contribution in [0.2, 0.25) is 0 Å². The van der Waals surface area contributed by atoms with Crippen LogP contribution in [0.4, 0.5) is 0 Å². The van der Waals surface area contributed by atoms with Crippen LogP contribution in [-0.2, 0) is 0 Å². The Labute approximate surface area is 106 Å². The monoisotopic (exact) mass is 250 g/mol. The maximum atomic E-state index is 12.3. The molecule has 0 radical (unpaired) electrons. The fraction of sp³-hybridized carbons (Fsp3) is 0.462. The molecule has 0 aromatic heterocycles. The molecular formula is C13H18N2O3. The number of carbonyl (C=O) groups is 1. The highest BCUT2D eigenvalue weighted by atomic mass is 16.5. The van der Waals surface area contributed by atoms with Crippen molar-refractivity contribution >= 4 is 5.91 Å². The molecule has 2 N–H and O–H groups in total. The van der Waals surface area contributed by atoms with E-state index in [1.54, 1.807) is 32.4 Å². The van der Waals surface area contributed by atoms with E-state index in [-0.39, 0.29) is 11.9 Å². The van der Waals surface area contributed by atoms with Gasteiger partial charge in [-0.1, -0.05) is 6.07 Å². The van der Waals surface area contributed by atoms with Crippen molar-refractivity contribution in [2.75, 3.05) is 27.3 Å². The first kappa shape index (κ1) is 12.7. The lowest BCUT2D eigenvalue weighted by molar-refractivity contribution is 0.0934. The fourth-order valence-electron chi connectivity index (χ4n) is 2.11. The van der Waals surface area contributed by atoms with Gasteiger partial charge in [-0.05, 0) is 25.1 Å². The first-order chi connectivity index (χ1) is 8.76. The van der Waals surface area contributed by atoms with Crippen molar-refractivity contribution in [3.63, 3.8) is 0 Å². The van der Waals surface area contributed by atoms with Crippen LogP contribution in [-0.4, -0.2) is 39.3 Å². The third-order valence-electron chi connectivity index (χ3n) is 3.05. The Morgan fingerprint density at radius 2 is 2.00 bits per heavy atom. The summed E-state index contributed by atoms with van der Waals surface area (Å²) in [5.74, 6) is 0.897. The standard InChI is InChI=1S/C13H18N2O3/c1-17-10-4-3-5-11(18-2)12(10)13(16)15-9-6-7-14-8-9/h3-5,9,14H,6-8H2,1-2H3,(H,15,16). The van der Waals surface area contributed by atoms with Crippen LogP contribution < -0.4 is 20.1 Å². The molecule has 1 amide bonds. The molecule has 1 aliphatic rings. The van der Waals surface area contributed by atoms with Crippen LogP contribution in [0.15, 0.2) is 18.2 Å². The van der Waals surface area contributed by atoms with E-state index in [0.717, 1.165) is 19.5 Å². The van der Waals surface area contributed by atoms with E-state index in [1.165, 1.54) is 0 Å². The van der Waals surface area contributed by atoms with Gasteiger partial charge in [0.2, 0.25) is 0 Å². The zero-order valence-electron chi connectivity index (χ0n) is 10.7. The number of methoxy groups -OCH3 is 2. The Morgan fingerprint density at radius 3 is 2.50 bits per heavy atom. The van der Waals surface area contributed by atoms with Crippen molar-refractivity contribution in [2.24, 2.45) is 0 Å². The molecule has 0 saturated carbocycles. The summed E-state index contributed by atoms with van der Waals surface area (Å²) in [6, 6.07) is 5.48. The number of nitrogens with one attached hydrogen (secondary N) is 2. The predicted octanol–water partition coefficient (Wildman–Crippen LogP) is 0.795. The minimum Gasteiger partial charge on any atom is -0.496 e. The number of carbonyl (C=O) groups excluding carboxylic acids is 1. The summed E-state index contributed by atoms with van der Waals surface area (Å²) in [6.45, 7) is 1.75. The van der Waals surface area contributed by atoms with Gasteiger partial charge in [-0.25, -0.2) is 0 Å². The normalized spacial score (nSPS) is 18.4. The summed E-state index contributed by atoms with van der Waals surface area (Å²) >= 11 is 0. The molecule has 1 unspecified atom stereocenters. The SMILES string of the molecule is COc1cccc(OC)c1C(=O)NC1CCNC1. The van der Waals surface area contributed by atoms with E-state index >= 15 is 0 Å². The fourth-order valence-corrected chi connectivity index (χ4v) is 2.11. The van der Waals surface area contributed by atoms with Crippen LogP contribution in [0.5, 0.6) is 11.5 Å². The highest BCUT2D eigenvalue weighted by Gasteiger charge is 2.22. The minimum absolute atomic E-state index is 0.155. The Hall–Kier alpha value is -1.75. The second-order valence-electron chi connectivity index (χ2n) is 4.20. The molecule has 0 bridgehead atoms. The van der Waals surface area contributed by atoms with Gasteiger partial charge in [0.25, 0.3) is 5.91 Å². The van der Waals surface area contributed by atoms with Crippen LogP contribution in [0.1, 0.15) is 16.8 Å². The molecule has 2 rings (SSSR count). The van der Waals surface area contributed by atoms with Gasteiger partial charge in [-0.2, -0.15) is 0 Å². The van der Waals surface area contributed by atoms with E-state index in [2.05, 4.69) is 10.6 Å². The molecule has 1 aliphatic heterocycles. The molecule has 1 atom stereocenters. The highest BCUT2D eigenvalue weighted by molar-refractivity contribution is 5.99. The Balaban J connectivity index is 2.21. The molecule has 1 fully saturated rings. The summed E-state index contributed by atoms with van der Waals surface area (Å²) in [7, 11) is 3.09. The summed E-state index contributed by atoms with van der Waals surface area (Å²) in [4.78, 5) is 12.3. The quantitative estimate of drug-likeness (QED) is 0.829.